The van der Waals surface area contributed by atoms with Crippen molar-refractivity contribution in [3.63, 3.8) is 0 Å². The lowest BCUT2D eigenvalue weighted by atomic mass is 9.68. The Hall–Kier alpha value is -1.92. The molecule has 6 heteroatoms. The summed E-state index contributed by atoms with van der Waals surface area (Å²) in [6, 6.07) is 9.64. The van der Waals surface area contributed by atoms with Crippen LogP contribution in [-0.4, -0.2) is 48.9 Å². The minimum atomic E-state index is -1.00. The quantitative estimate of drug-likeness (QED) is 0.812. The van der Waals surface area contributed by atoms with Gasteiger partial charge in [-0.15, -0.1) is 0 Å². The SMILES string of the molecule is O=C(O)CO[C@@H]1CCOC[C@@H]1NC(=O)C1(c2ccccc2)CCCCC1. The van der Waals surface area contributed by atoms with E-state index in [2.05, 4.69) is 5.32 Å². The molecular formula is C20H27NO5. The summed E-state index contributed by atoms with van der Waals surface area (Å²) >= 11 is 0. The van der Waals surface area contributed by atoms with Crippen LogP contribution in [0.15, 0.2) is 30.3 Å². The molecule has 1 aliphatic carbocycles. The van der Waals surface area contributed by atoms with Crippen molar-refractivity contribution in [2.45, 2.75) is 56.1 Å². The second-order valence-electron chi connectivity index (χ2n) is 7.20. The first-order valence-corrected chi connectivity index (χ1v) is 9.39. The Morgan fingerprint density at radius 3 is 2.62 bits per heavy atom. The molecule has 1 saturated carbocycles. The number of hydrogen-bond donors (Lipinski definition) is 2. The molecule has 6 nitrogen and oxygen atoms in total. The van der Waals surface area contributed by atoms with Crippen molar-refractivity contribution in [2.24, 2.45) is 0 Å². The second kappa shape index (κ2) is 8.64. The molecule has 2 atom stereocenters. The minimum Gasteiger partial charge on any atom is -0.480 e. The van der Waals surface area contributed by atoms with Crippen molar-refractivity contribution in [1.82, 2.24) is 5.32 Å². The number of carboxylic acid groups (broad SMARTS) is 1. The van der Waals surface area contributed by atoms with E-state index in [-0.39, 0.29) is 24.7 Å². The largest absolute Gasteiger partial charge is 0.480 e. The smallest absolute Gasteiger partial charge is 0.329 e. The summed E-state index contributed by atoms with van der Waals surface area (Å²) in [6.45, 7) is 0.502. The predicted molar refractivity (Wildman–Crippen MR) is 95.9 cm³/mol. The molecule has 0 radical (unpaired) electrons. The summed E-state index contributed by atoms with van der Waals surface area (Å²) in [5.41, 5.74) is 0.533. The first kappa shape index (κ1) is 18.9. The molecule has 0 aromatic heterocycles. The molecule has 1 aliphatic heterocycles. The zero-order chi connectivity index (χ0) is 18.4. The van der Waals surface area contributed by atoms with Crippen LogP contribution in [0.4, 0.5) is 0 Å². The molecule has 1 aromatic carbocycles. The Bertz CT molecular complexity index is 612. The van der Waals surface area contributed by atoms with Crippen LogP contribution < -0.4 is 5.32 Å². The fourth-order valence-electron chi connectivity index (χ4n) is 4.10. The fraction of sp³-hybridized carbons (Fsp3) is 0.600. The van der Waals surface area contributed by atoms with Crippen molar-refractivity contribution in [1.29, 1.82) is 0 Å². The topological polar surface area (TPSA) is 84.9 Å². The van der Waals surface area contributed by atoms with Crippen molar-refractivity contribution in [2.75, 3.05) is 19.8 Å². The Morgan fingerprint density at radius 2 is 1.92 bits per heavy atom. The molecule has 1 amide bonds. The Labute approximate surface area is 153 Å². The first-order chi connectivity index (χ1) is 12.6. The second-order valence-corrected chi connectivity index (χ2v) is 7.20. The number of carbonyl (C=O) groups is 2. The van der Waals surface area contributed by atoms with Crippen LogP contribution in [-0.2, 0) is 24.5 Å². The van der Waals surface area contributed by atoms with Crippen LogP contribution in [0.3, 0.4) is 0 Å². The van der Waals surface area contributed by atoms with Crippen LogP contribution >= 0.6 is 0 Å². The van der Waals surface area contributed by atoms with Crippen LogP contribution in [0, 0.1) is 0 Å². The number of rotatable bonds is 6. The summed E-state index contributed by atoms with van der Waals surface area (Å²) in [6.07, 6.45) is 5.12. The Balaban J connectivity index is 1.75. The van der Waals surface area contributed by atoms with Crippen LogP contribution in [0.1, 0.15) is 44.1 Å². The summed E-state index contributed by atoms with van der Waals surface area (Å²) in [5.74, 6) is -1.00. The van der Waals surface area contributed by atoms with Crippen molar-refractivity contribution in [3.05, 3.63) is 35.9 Å². The molecule has 2 N–H and O–H groups in total. The van der Waals surface area contributed by atoms with E-state index in [1.807, 2.05) is 30.3 Å². The number of aliphatic carboxylic acids is 1. The number of hydrogen-bond acceptors (Lipinski definition) is 4. The van der Waals surface area contributed by atoms with E-state index < -0.39 is 11.4 Å². The molecule has 142 valence electrons. The third-order valence-corrected chi connectivity index (χ3v) is 5.50. The van der Waals surface area contributed by atoms with Gasteiger partial charge in [0.15, 0.2) is 0 Å². The van der Waals surface area contributed by atoms with Crippen molar-refractivity contribution >= 4 is 11.9 Å². The van der Waals surface area contributed by atoms with E-state index >= 15 is 0 Å². The molecule has 0 bridgehead atoms. The van der Waals surface area contributed by atoms with Gasteiger partial charge in [-0.2, -0.15) is 0 Å². The summed E-state index contributed by atoms with van der Waals surface area (Å²) < 4.78 is 11.0. The monoisotopic (exact) mass is 361 g/mol. The third kappa shape index (κ3) is 4.24. The molecule has 26 heavy (non-hydrogen) atoms. The molecule has 2 fully saturated rings. The van der Waals surface area contributed by atoms with Crippen LogP contribution in [0.5, 0.6) is 0 Å². The highest BCUT2D eigenvalue weighted by Crippen LogP contribution is 2.40. The predicted octanol–water partition coefficient (Wildman–Crippen LogP) is 2.26. The van der Waals surface area contributed by atoms with Gasteiger partial charge in [0.25, 0.3) is 0 Å². The van der Waals surface area contributed by atoms with Gasteiger partial charge in [-0.1, -0.05) is 49.6 Å². The maximum absolute atomic E-state index is 13.3. The van der Waals surface area contributed by atoms with Gasteiger partial charge in [0.05, 0.1) is 24.2 Å². The van der Waals surface area contributed by atoms with Crippen LogP contribution in [0.2, 0.25) is 0 Å². The van der Waals surface area contributed by atoms with Crippen molar-refractivity contribution < 1.29 is 24.2 Å². The zero-order valence-electron chi connectivity index (χ0n) is 15.0. The lowest BCUT2D eigenvalue weighted by Gasteiger charge is -2.39. The number of carbonyl (C=O) groups excluding carboxylic acids is 1. The molecule has 1 heterocycles. The normalized spacial score (nSPS) is 25.4. The lowest BCUT2D eigenvalue weighted by Crippen LogP contribution is -2.56. The van der Waals surface area contributed by atoms with Gasteiger partial charge in [0, 0.05) is 6.61 Å². The highest BCUT2D eigenvalue weighted by molar-refractivity contribution is 5.88. The number of nitrogens with one attached hydrogen (secondary N) is 1. The lowest BCUT2D eigenvalue weighted by molar-refractivity contribution is -0.148. The molecule has 2 aliphatic rings. The standard InChI is InChI=1S/C20H27NO5/c22-18(23)14-26-17-9-12-25-13-16(17)21-19(24)20(10-5-2-6-11-20)15-7-3-1-4-8-15/h1,3-4,7-8,16-17H,2,5-6,9-14H2,(H,21,24)(H,22,23)/t16-,17+/m0/s1. The van der Waals surface area contributed by atoms with E-state index in [0.717, 1.165) is 37.7 Å². The van der Waals surface area contributed by atoms with E-state index in [1.54, 1.807) is 0 Å². The molecule has 0 spiro atoms. The summed E-state index contributed by atoms with van der Waals surface area (Å²) in [7, 11) is 0. The van der Waals surface area contributed by atoms with E-state index in [1.165, 1.54) is 0 Å². The number of amides is 1. The van der Waals surface area contributed by atoms with Gasteiger partial charge in [-0.05, 0) is 24.8 Å². The summed E-state index contributed by atoms with van der Waals surface area (Å²) in [5, 5.41) is 12.0. The Morgan fingerprint density at radius 1 is 1.19 bits per heavy atom. The van der Waals surface area contributed by atoms with Gasteiger partial charge in [-0.3, -0.25) is 4.79 Å². The highest BCUT2D eigenvalue weighted by atomic mass is 16.5. The van der Waals surface area contributed by atoms with E-state index in [9.17, 15) is 9.59 Å². The molecule has 3 rings (SSSR count). The fourth-order valence-corrected chi connectivity index (χ4v) is 4.10. The van der Waals surface area contributed by atoms with Crippen molar-refractivity contribution in [3.8, 4) is 0 Å². The maximum atomic E-state index is 13.3. The average Bonchev–Trinajstić information content (AvgIpc) is 2.68. The highest BCUT2D eigenvalue weighted by Gasteiger charge is 2.42. The molecule has 1 aromatic rings. The number of carboxylic acids is 1. The van der Waals surface area contributed by atoms with Gasteiger partial charge < -0.3 is 19.9 Å². The average molecular weight is 361 g/mol. The maximum Gasteiger partial charge on any atom is 0.329 e. The number of benzene rings is 1. The van der Waals surface area contributed by atoms with Crippen LogP contribution in [0.25, 0.3) is 0 Å². The Kier molecular flexibility index (Phi) is 6.27. The third-order valence-electron chi connectivity index (χ3n) is 5.50. The minimum absolute atomic E-state index is 0.00262. The first-order valence-electron chi connectivity index (χ1n) is 9.39. The molecular weight excluding hydrogens is 334 g/mol. The van der Waals surface area contributed by atoms with Gasteiger partial charge in [-0.25, -0.2) is 4.79 Å². The summed E-state index contributed by atoms with van der Waals surface area (Å²) in [4.78, 5) is 24.1. The van der Waals surface area contributed by atoms with Gasteiger partial charge >= 0.3 is 5.97 Å². The number of ether oxygens (including phenoxy) is 2. The van der Waals surface area contributed by atoms with Gasteiger partial charge in [0.2, 0.25) is 5.91 Å². The molecule has 1 saturated heterocycles. The van der Waals surface area contributed by atoms with E-state index in [0.29, 0.717) is 19.6 Å². The molecule has 0 unspecified atom stereocenters. The zero-order valence-corrected chi connectivity index (χ0v) is 15.0. The van der Waals surface area contributed by atoms with E-state index in [4.69, 9.17) is 14.6 Å². The van der Waals surface area contributed by atoms with Gasteiger partial charge in [0.1, 0.15) is 6.61 Å².